The fraction of sp³-hybridized carbons (Fsp3) is 0.404. The van der Waals surface area contributed by atoms with E-state index in [-0.39, 0.29) is 61.7 Å². The molecule has 10 nitrogen and oxygen atoms in total. The van der Waals surface area contributed by atoms with Gasteiger partial charge in [0, 0.05) is 34.0 Å². The van der Waals surface area contributed by atoms with E-state index in [1.807, 2.05) is 54.6 Å². The number of carbonyl (C=O) groups is 4. The summed E-state index contributed by atoms with van der Waals surface area (Å²) in [5, 5.41) is 30.3. The summed E-state index contributed by atoms with van der Waals surface area (Å²) in [6.07, 6.45) is 1.23. The smallest absolute Gasteiger partial charge is 0.314 e. The van der Waals surface area contributed by atoms with Crippen molar-refractivity contribution in [3.63, 3.8) is 0 Å². The molecule has 0 aromatic heterocycles. The highest BCUT2D eigenvalue weighted by atomic mass is 35.5. The predicted molar refractivity (Wildman–Crippen MR) is 272 cm³/mol. The van der Waals surface area contributed by atoms with Gasteiger partial charge in [0.2, 0.25) is 0 Å². The van der Waals surface area contributed by atoms with Crippen LogP contribution in [0, 0.1) is 34.3 Å². The third-order valence-electron chi connectivity index (χ3n) is 11.6. The molecule has 0 saturated carbocycles. The Morgan fingerprint density at radius 3 is 1.31 bits per heavy atom. The Morgan fingerprint density at radius 2 is 0.944 bits per heavy atom. The molecule has 0 aliphatic rings. The van der Waals surface area contributed by atoms with Gasteiger partial charge in [-0.1, -0.05) is 102 Å². The van der Waals surface area contributed by atoms with Crippen molar-refractivity contribution in [2.45, 2.75) is 112 Å². The predicted octanol–water partition coefficient (Wildman–Crippen LogP) is 12.7. The first kappa shape index (κ1) is 57.9. The number of rotatable bonds is 20. The Hall–Kier alpha value is -5.66. The number of carboxylic acids is 1. The number of aliphatic hydroxyl groups excluding tert-OH is 2. The van der Waals surface area contributed by atoms with Gasteiger partial charge in [-0.2, -0.15) is 0 Å². The summed E-state index contributed by atoms with van der Waals surface area (Å²) in [5.74, 6) is -3.92. The zero-order valence-electron chi connectivity index (χ0n) is 41.7. The summed E-state index contributed by atoms with van der Waals surface area (Å²) in [4.78, 5) is 50.0. The molecule has 382 valence electrons. The van der Waals surface area contributed by atoms with Crippen LogP contribution in [0.4, 0.5) is 8.78 Å². The van der Waals surface area contributed by atoms with Crippen molar-refractivity contribution < 1.29 is 57.5 Å². The molecule has 0 bridgehead atoms. The first-order valence-electron chi connectivity index (χ1n) is 23.4. The van der Waals surface area contributed by atoms with Crippen LogP contribution in [0.15, 0.2) is 115 Å². The SMILES string of the molecule is CC(C)(C)OC(=O)C[C@H](Cc1ccc(-c2cc(Cl)ccc2F)cc1)C[C@@](C)(CO)C(=O)O.CC(C)(C)OC(=O)C[C@H](Cc1ccc(-c2cc(Cl)ccc2F)cc1)C[C@@](C)(CO)C(=O)OCc1ccccc1. The van der Waals surface area contributed by atoms with Gasteiger partial charge in [0.25, 0.3) is 0 Å². The summed E-state index contributed by atoms with van der Waals surface area (Å²) in [6, 6.07) is 32.5. The zero-order chi connectivity index (χ0) is 52.7. The number of carboxylic acid groups (broad SMARTS) is 1. The van der Waals surface area contributed by atoms with Crippen molar-refractivity contribution in [3.05, 3.63) is 154 Å². The second-order valence-corrected chi connectivity index (χ2v) is 21.4. The van der Waals surface area contributed by atoms with Crippen molar-refractivity contribution >= 4 is 47.1 Å². The molecule has 0 heterocycles. The van der Waals surface area contributed by atoms with E-state index in [1.54, 1.807) is 84.9 Å². The number of hydrogen-bond donors (Lipinski definition) is 3. The van der Waals surface area contributed by atoms with Crippen LogP contribution < -0.4 is 0 Å². The molecule has 5 aromatic carbocycles. The molecular weight excluding hydrogens is 954 g/mol. The third-order valence-corrected chi connectivity index (χ3v) is 12.1. The molecule has 0 unspecified atom stereocenters. The van der Waals surface area contributed by atoms with Gasteiger partial charge in [-0.15, -0.1) is 0 Å². The number of halogens is 4. The van der Waals surface area contributed by atoms with Crippen LogP contribution in [0.5, 0.6) is 0 Å². The molecule has 4 atom stereocenters. The molecule has 0 aliphatic carbocycles. The maximum atomic E-state index is 14.3. The van der Waals surface area contributed by atoms with Gasteiger partial charge in [0.1, 0.15) is 29.4 Å². The van der Waals surface area contributed by atoms with Crippen molar-refractivity contribution in [2.75, 3.05) is 13.2 Å². The van der Waals surface area contributed by atoms with E-state index in [0.717, 1.165) is 16.7 Å². The van der Waals surface area contributed by atoms with Gasteiger partial charge in [0.15, 0.2) is 0 Å². The Kier molecular flexibility index (Phi) is 20.9. The standard InChI is InChI=1S/C32H36ClFO5.C25H30ClFO5/c1-31(2,3)39-29(36)17-24(19-32(4,21-35)30(37)38-20-23-8-6-5-7-9-23)16-22-10-12-25(13-11-22)27-18-26(33)14-15-28(27)34;1-24(2,3)32-22(29)12-17(14-25(4,15-28)23(30)31)11-16-5-7-18(8-6-16)20-13-19(26)9-10-21(20)27/h5-15,18,24,35H,16-17,19-21H2,1-4H3;5-10,13,17,28H,11-12,14-15H2,1-4H3,(H,30,31)/t24-,32-;17-,25-/m00/s1. The minimum Gasteiger partial charge on any atom is -0.481 e. The van der Waals surface area contributed by atoms with Crippen LogP contribution >= 0.6 is 23.2 Å². The normalized spacial score (nSPS) is 14.1. The molecule has 0 aliphatic heterocycles. The lowest BCUT2D eigenvalue weighted by Gasteiger charge is -2.30. The summed E-state index contributed by atoms with van der Waals surface area (Å²) in [6.45, 7) is 12.9. The molecule has 0 spiro atoms. The molecule has 14 heteroatoms. The van der Waals surface area contributed by atoms with Crippen LogP contribution in [-0.4, -0.2) is 63.6 Å². The number of aliphatic hydroxyl groups is 2. The maximum Gasteiger partial charge on any atom is 0.314 e. The Balaban J connectivity index is 0.000000315. The fourth-order valence-electron chi connectivity index (χ4n) is 8.02. The highest BCUT2D eigenvalue weighted by Gasteiger charge is 2.39. The number of aliphatic carboxylic acids is 1. The first-order valence-corrected chi connectivity index (χ1v) is 24.2. The Labute approximate surface area is 426 Å². The largest absolute Gasteiger partial charge is 0.481 e. The second kappa shape index (κ2) is 25.6. The lowest BCUT2D eigenvalue weighted by atomic mass is 9.78. The Bertz CT molecular complexity index is 2560. The molecule has 5 aromatic rings. The molecule has 5 rings (SSSR count). The Morgan fingerprint density at radius 1 is 0.549 bits per heavy atom. The van der Waals surface area contributed by atoms with Crippen LogP contribution in [0.25, 0.3) is 22.3 Å². The van der Waals surface area contributed by atoms with E-state index in [1.165, 1.54) is 31.2 Å². The average molecular weight is 1020 g/mol. The van der Waals surface area contributed by atoms with E-state index in [2.05, 4.69) is 0 Å². The summed E-state index contributed by atoms with van der Waals surface area (Å²) in [5.41, 5.74) is 0.797. The van der Waals surface area contributed by atoms with E-state index >= 15 is 0 Å². The topological polar surface area (TPSA) is 157 Å². The first-order chi connectivity index (χ1) is 33.2. The van der Waals surface area contributed by atoms with Crippen LogP contribution in [-0.2, 0) is 52.8 Å². The van der Waals surface area contributed by atoms with Gasteiger partial charge in [-0.3, -0.25) is 19.2 Å². The van der Waals surface area contributed by atoms with Gasteiger partial charge in [0.05, 0.1) is 24.0 Å². The maximum absolute atomic E-state index is 14.3. The fourth-order valence-corrected chi connectivity index (χ4v) is 8.36. The molecule has 71 heavy (non-hydrogen) atoms. The number of ether oxygens (including phenoxy) is 3. The average Bonchev–Trinajstić information content (AvgIpc) is 3.29. The number of benzene rings is 5. The molecule has 0 amide bonds. The zero-order valence-corrected chi connectivity index (χ0v) is 43.2. The lowest BCUT2D eigenvalue weighted by molar-refractivity contribution is -0.162. The summed E-state index contributed by atoms with van der Waals surface area (Å²) < 4.78 is 45.0. The van der Waals surface area contributed by atoms with Gasteiger partial charge >= 0.3 is 23.9 Å². The van der Waals surface area contributed by atoms with Crippen molar-refractivity contribution in [1.82, 2.24) is 0 Å². The van der Waals surface area contributed by atoms with E-state index < -0.39 is 53.2 Å². The third kappa shape index (κ3) is 18.8. The molecule has 0 saturated heterocycles. The lowest BCUT2D eigenvalue weighted by Crippen LogP contribution is -2.37. The molecule has 3 N–H and O–H groups in total. The monoisotopic (exact) mass is 1020 g/mol. The molecular formula is C57H66Cl2F2O10. The van der Waals surface area contributed by atoms with Crippen LogP contribution in [0.1, 0.15) is 97.8 Å². The number of esters is 3. The highest BCUT2D eigenvalue weighted by Crippen LogP contribution is 2.35. The van der Waals surface area contributed by atoms with Crippen LogP contribution in [0.3, 0.4) is 0 Å². The summed E-state index contributed by atoms with van der Waals surface area (Å²) >= 11 is 12.0. The second-order valence-electron chi connectivity index (χ2n) is 20.6. The van der Waals surface area contributed by atoms with Crippen molar-refractivity contribution in [2.24, 2.45) is 22.7 Å². The number of hydrogen-bond acceptors (Lipinski definition) is 9. The van der Waals surface area contributed by atoms with Crippen molar-refractivity contribution in [3.8, 4) is 22.3 Å². The van der Waals surface area contributed by atoms with E-state index in [9.17, 15) is 43.3 Å². The highest BCUT2D eigenvalue weighted by molar-refractivity contribution is 6.31. The van der Waals surface area contributed by atoms with Gasteiger partial charge < -0.3 is 29.5 Å². The minimum absolute atomic E-state index is 0.0187. The minimum atomic E-state index is -1.38. The van der Waals surface area contributed by atoms with Crippen molar-refractivity contribution in [1.29, 1.82) is 0 Å². The van der Waals surface area contributed by atoms with E-state index in [4.69, 9.17) is 37.4 Å². The quantitative estimate of drug-likeness (QED) is 0.0506. The summed E-state index contributed by atoms with van der Waals surface area (Å²) in [7, 11) is 0. The van der Waals surface area contributed by atoms with Gasteiger partial charge in [-0.25, -0.2) is 8.78 Å². The van der Waals surface area contributed by atoms with Gasteiger partial charge in [-0.05, 0) is 157 Å². The molecule has 0 fully saturated rings. The molecule has 0 radical (unpaired) electrons. The van der Waals surface area contributed by atoms with E-state index in [0.29, 0.717) is 45.1 Å². The number of carbonyl (C=O) groups excluding carboxylic acids is 3. The van der Waals surface area contributed by atoms with Crippen LogP contribution in [0.2, 0.25) is 10.0 Å².